The maximum absolute atomic E-state index is 10.1. The summed E-state index contributed by atoms with van der Waals surface area (Å²) in [4.78, 5) is 7.20. The summed E-state index contributed by atoms with van der Waals surface area (Å²) < 4.78 is 21.9. The second kappa shape index (κ2) is 11.8. The maximum atomic E-state index is 10.1. The van der Waals surface area contributed by atoms with Crippen LogP contribution in [0.4, 0.5) is 0 Å². The van der Waals surface area contributed by atoms with Crippen LogP contribution in [0, 0.1) is 6.92 Å². The van der Waals surface area contributed by atoms with Crippen LogP contribution in [0.5, 0.6) is 11.8 Å². The highest BCUT2D eigenvalue weighted by molar-refractivity contribution is 5.88. The zero-order chi connectivity index (χ0) is 29.4. The average Bonchev–Trinajstić information content (AvgIpc) is 3.60. The minimum absolute atomic E-state index is 0.0220. The number of nitrogens with one attached hydrogen (secondary N) is 1. The van der Waals surface area contributed by atoms with Crippen molar-refractivity contribution in [3.05, 3.63) is 34.4 Å². The number of aromatic amines is 1. The summed E-state index contributed by atoms with van der Waals surface area (Å²) in [5.74, 6) is 1.26. The average molecular weight is 567 g/mol. The van der Waals surface area contributed by atoms with E-state index < -0.39 is 0 Å². The van der Waals surface area contributed by atoms with Gasteiger partial charge in [-0.3, -0.25) is 19.7 Å². The van der Waals surface area contributed by atoms with Crippen LogP contribution in [-0.2, 0) is 37.8 Å². The van der Waals surface area contributed by atoms with Gasteiger partial charge in [-0.2, -0.15) is 10.2 Å². The molecule has 0 saturated carbocycles. The van der Waals surface area contributed by atoms with Crippen LogP contribution in [0.1, 0.15) is 62.1 Å². The van der Waals surface area contributed by atoms with Crippen LogP contribution in [0.25, 0.3) is 22.2 Å². The van der Waals surface area contributed by atoms with Crippen molar-refractivity contribution in [2.45, 2.75) is 78.8 Å². The third kappa shape index (κ3) is 5.31. The molecule has 0 aromatic carbocycles. The van der Waals surface area contributed by atoms with Crippen LogP contribution in [0.3, 0.4) is 0 Å². The molecular weight excluding hydrogens is 524 g/mol. The van der Waals surface area contributed by atoms with Gasteiger partial charge in [0.05, 0.1) is 48.5 Å². The van der Waals surface area contributed by atoms with Crippen molar-refractivity contribution in [2.24, 2.45) is 7.05 Å². The fraction of sp³-hybridized carbons (Fsp3) is 0.586. The topological polar surface area (TPSA) is 128 Å². The van der Waals surface area contributed by atoms with Crippen molar-refractivity contribution >= 4 is 10.9 Å². The SMILES string of the molecule is CCOc1nn([C@@H](C)CO)c2c1CCc1[nH]nc3c(C)nc(cc13)-c1c(COC)nn(C)c1O[C@H](C)[C@@H](C)N(C)C2. The lowest BCUT2D eigenvalue weighted by Gasteiger charge is -2.31. The molecule has 5 heterocycles. The van der Waals surface area contributed by atoms with E-state index in [9.17, 15) is 5.11 Å². The number of aryl methyl sites for hydroxylation is 3. The largest absolute Gasteiger partial charge is 0.477 e. The Balaban J connectivity index is 1.71. The number of aliphatic hydroxyl groups excluding tert-OH is 1. The van der Waals surface area contributed by atoms with Crippen LogP contribution in [0.15, 0.2) is 6.07 Å². The number of aliphatic hydroxyl groups is 1. The van der Waals surface area contributed by atoms with Gasteiger partial charge in [0.15, 0.2) is 0 Å². The molecule has 0 radical (unpaired) electrons. The van der Waals surface area contributed by atoms with E-state index in [4.69, 9.17) is 29.4 Å². The van der Waals surface area contributed by atoms with Crippen molar-refractivity contribution < 1.29 is 19.3 Å². The normalized spacial score (nSPS) is 19.0. The van der Waals surface area contributed by atoms with Crippen molar-refractivity contribution in [1.82, 2.24) is 39.6 Å². The van der Waals surface area contributed by atoms with Crippen molar-refractivity contribution in [3.63, 3.8) is 0 Å². The molecule has 4 aromatic rings. The van der Waals surface area contributed by atoms with Gasteiger partial charge in [-0.15, -0.1) is 5.10 Å². The highest BCUT2D eigenvalue weighted by Crippen LogP contribution is 2.37. The van der Waals surface area contributed by atoms with Crippen molar-refractivity contribution in [1.29, 1.82) is 0 Å². The molecule has 1 aliphatic rings. The molecule has 0 amide bonds. The monoisotopic (exact) mass is 566 g/mol. The van der Waals surface area contributed by atoms with E-state index in [1.54, 1.807) is 11.8 Å². The summed E-state index contributed by atoms with van der Waals surface area (Å²) in [5, 5.41) is 28.5. The Labute approximate surface area is 240 Å². The Morgan fingerprint density at radius 1 is 1.22 bits per heavy atom. The van der Waals surface area contributed by atoms with Gasteiger partial charge in [0.25, 0.3) is 0 Å². The molecule has 222 valence electrons. The number of ether oxygens (including phenoxy) is 3. The Hall–Kier alpha value is -3.48. The Kier molecular flexibility index (Phi) is 8.35. The van der Waals surface area contributed by atoms with E-state index in [-0.39, 0.29) is 24.8 Å². The fourth-order valence-corrected chi connectivity index (χ4v) is 5.59. The first kappa shape index (κ1) is 29.0. The predicted molar refractivity (Wildman–Crippen MR) is 155 cm³/mol. The van der Waals surface area contributed by atoms with E-state index in [2.05, 4.69) is 42.1 Å². The Bertz CT molecular complexity index is 1520. The zero-order valence-electron chi connectivity index (χ0n) is 25.4. The number of fused-ring (bicyclic) bond motifs is 4. The van der Waals surface area contributed by atoms with Gasteiger partial charge in [0.2, 0.25) is 11.8 Å². The molecular formula is C29H42N8O4. The molecule has 4 aromatic heterocycles. The quantitative estimate of drug-likeness (QED) is 0.361. The molecule has 2 bridgehead atoms. The lowest BCUT2D eigenvalue weighted by Crippen LogP contribution is -2.41. The molecule has 0 saturated heterocycles. The van der Waals surface area contributed by atoms with Gasteiger partial charge < -0.3 is 19.3 Å². The van der Waals surface area contributed by atoms with E-state index in [0.717, 1.165) is 50.5 Å². The molecule has 12 nitrogen and oxygen atoms in total. The number of rotatable bonds is 6. The molecule has 5 rings (SSSR count). The predicted octanol–water partition coefficient (Wildman–Crippen LogP) is 3.35. The number of hydrogen-bond acceptors (Lipinski definition) is 9. The molecule has 1 aliphatic heterocycles. The second-order valence-corrected chi connectivity index (χ2v) is 11.0. The van der Waals surface area contributed by atoms with Crippen LogP contribution in [0.2, 0.25) is 0 Å². The summed E-state index contributed by atoms with van der Waals surface area (Å²) in [6.45, 7) is 11.6. The van der Waals surface area contributed by atoms with Gasteiger partial charge in [-0.05, 0) is 60.6 Å². The smallest absolute Gasteiger partial charge is 0.236 e. The molecule has 0 aliphatic carbocycles. The number of hydrogen-bond donors (Lipinski definition) is 2. The third-order valence-electron chi connectivity index (χ3n) is 8.14. The first-order valence-electron chi connectivity index (χ1n) is 14.3. The minimum atomic E-state index is -0.196. The number of methoxy groups -OCH3 is 1. The lowest BCUT2D eigenvalue weighted by molar-refractivity contribution is 0.0913. The summed E-state index contributed by atoms with van der Waals surface area (Å²) in [7, 11) is 5.64. The van der Waals surface area contributed by atoms with Gasteiger partial charge in [0.1, 0.15) is 17.3 Å². The van der Waals surface area contributed by atoms with Crippen molar-refractivity contribution in [2.75, 3.05) is 27.4 Å². The molecule has 12 heteroatoms. The number of pyridine rings is 1. The standard InChI is InChI=1S/C29H42N8O4/c1-9-40-28-20-10-11-22-21-12-23(30-17(3)27(21)32-31-22)26-24(15-39-8)33-36(7)29(26)41-19(5)18(4)35(6)13-25(20)37(34-28)16(2)14-38/h12,16,18-19,38H,9-11,13-15H2,1-8H3,(H,31,32)/t16-,18+,19+/m0/s1. The zero-order valence-corrected chi connectivity index (χ0v) is 25.4. The number of likely N-dealkylation sites (N-methyl/N-ethyl adjacent to an activating group) is 1. The second-order valence-electron chi connectivity index (χ2n) is 11.0. The van der Waals surface area contributed by atoms with Gasteiger partial charge in [0, 0.05) is 43.4 Å². The van der Waals surface area contributed by atoms with E-state index in [1.165, 1.54) is 0 Å². The van der Waals surface area contributed by atoms with Gasteiger partial charge in [-0.25, -0.2) is 4.68 Å². The molecule has 0 unspecified atom stereocenters. The summed E-state index contributed by atoms with van der Waals surface area (Å²) in [6.07, 6.45) is 1.20. The molecule has 0 fully saturated rings. The summed E-state index contributed by atoms with van der Waals surface area (Å²) in [5.41, 5.74) is 7.11. The molecule has 3 atom stereocenters. The van der Waals surface area contributed by atoms with E-state index in [0.29, 0.717) is 44.4 Å². The highest BCUT2D eigenvalue weighted by atomic mass is 16.5. The molecule has 0 spiro atoms. The summed E-state index contributed by atoms with van der Waals surface area (Å²) >= 11 is 0. The fourth-order valence-electron chi connectivity index (χ4n) is 5.59. The molecule has 2 N–H and O–H groups in total. The van der Waals surface area contributed by atoms with Crippen LogP contribution in [-0.4, -0.2) is 84.3 Å². The number of aromatic nitrogens is 7. The van der Waals surface area contributed by atoms with Gasteiger partial charge >= 0.3 is 0 Å². The lowest BCUT2D eigenvalue weighted by atomic mass is 10.0. The third-order valence-corrected chi connectivity index (χ3v) is 8.14. The van der Waals surface area contributed by atoms with Gasteiger partial charge in [-0.1, -0.05) is 0 Å². The number of H-pyrrole nitrogens is 1. The van der Waals surface area contributed by atoms with Crippen LogP contribution < -0.4 is 9.47 Å². The van der Waals surface area contributed by atoms with E-state index >= 15 is 0 Å². The Morgan fingerprint density at radius 3 is 2.71 bits per heavy atom. The maximum Gasteiger partial charge on any atom is 0.236 e. The summed E-state index contributed by atoms with van der Waals surface area (Å²) in [6, 6.07) is 1.91. The Morgan fingerprint density at radius 2 is 2.00 bits per heavy atom. The first-order valence-corrected chi connectivity index (χ1v) is 14.3. The van der Waals surface area contributed by atoms with Crippen molar-refractivity contribution in [3.8, 4) is 23.0 Å². The minimum Gasteiger partial charge on any atom is -0.477 e. The highest BCUT2D eigenvalue weighted by Gasteiger charge is 2.30. The van der Waals surface area contributed by atoms with Crippen LogP contribution >= 0.6 is 0 Å². The molecule has 41 heavy (non-hydrogen) atoms. The first-order chi connectivity index (χ1) is 19.7. The number of nitrogens with zero attached hydrogens (tertiary/aromatic N) is 7. The van der Waals surface area contributed by atoms with E-state index in [1.807, 2.05) is 32.5 Å².